The molecule has 4 atom stereocenters. The predicted molar refractivity (Wildman–Crippen MR) is 152 cm³/mol. The van der Waals surface area contributed by atoms with Crippen molar-refractivity contribution < 1.29 is 19.7 Å². The molecule has 0 aliphatic carbocycles. The molecule has 1 aromatic carbocycles. The van der Waals surface area contributed by atoms with Crippen molar-refractivity contribution in [3.05, 3.63) is 29.3 Å². The van der Waals surface area contributed by atoms with Crippen LogP contribution in [0.1, 0.15) is 90.9 Å². The average Bonchev–Trinajstić information content (AvgIpc) is 2.87. The Bertz CT molecular complexity index is 815. The summed E-state index contributed by atoms with van der Waals surface area (Å²) in [6.45, 7) is 14.1. The van der Waals surface area contributed by atoms with Gasteiger partial charge in [0.1, 0.15) is 0 Å². The van der Waals surface area contributed by atoms with Crippen LogP contribution in [0, 0.1) is 22.7 Å². The van der Waals surface area contributed by atoms with Gasteiger partial charge < -0.3 is 36.7 Å². The van der Waals surface area contributed by atoms with E-state index in [9.17, 15) is 15.0 Å². The van der Waals surface area contributed by atoms with Crippen LogP contribution in [0.3, 0.4) is 0 Å². The summed E-state index contributed by atoms with van der Waals surface area (Å²) in [5, 5.41) is 35.9. The number of hydrogen-bond acceptors (Lipinski definition) is 7. The van der Waals surface area contributed by atoms with Crippen molar-refractivity contribution in [2.45, 2.75) is 91.9 Å². The van der Waals surface area contributed by atoms with Crippen molar-refractivity contribution in [1.29, 1.82) is 5.41 Å². The van der Waals surface area contributed by atoms with E-state index in [2.05, 4.69) is 17.6 Å². The van der Waals surface area contributed by atoms with Gasteiger partial charge in [-0.1, -0.05) is 59.6 Å². The Morgan fingerprint density at radius 1 is 1.22 bits per heavy atom. The second kappa shape index (κ2) is 16.8. The molecule has 0 bridgehead atoms. The van der Waals surface area contributed by atoms with Crippen molar-refractivity contribution >= 4 is 17.8 Å². The van der Waals surface area contributed by atoms with Crippen molar-refractivity contribution in [1.82, 2.24) is 5.32 Å². The van der Waals surface area contributed by atoms with Crippen LogP contribution in [0.4, 0.5) is 5.69 Å². The molecule has 1 aromatic rings. The quantitative estimate of drug-likeness (QED) is 0.119. The molecule has 0 fully saturated rings. The average molecular weight is 521 g/mol. The number of carbonyl (C=O) groups is 1. The molecule has 0 aromatic heterocycles. The molecule has 1 rings (SSSR count). The van der Waals surface area contributed by atoms with Crippen LogP contribution in [0.15, 0.2) is 18.2 Å². The summed E-state index contributed by atoms with van der Waals surface area (Å²) in [7, 11) is 0. The first-order chi connectivity index (χ1) is 17.5. The van der Waals surface area contributed by atoms with E-state index in [0.29, 0.717) is 26.2 Å². The fourth-order valence-corrected chi connectivity index (χ4v) is 4.38. The van der Waals surface area contributed by atoms with Gasteiger partial charge in [0.15, 0.2) is 0 Å². The SMILES string of the molecule is CCCCC(C)(C)C(=O)NC[C@H](O)[C@@H](N)C[C@@H](C(C)C)[C@@H](O)c1ccc(C=N)c(NCCCOCC)c1. The molecule has 37 heavy (non-hydrogen) atoms. The first-order valence-electron chi connectivity index (χ1n) is 13.8. The second-order valence-electron chi connectivity index (χ2n) is 11.0. The zero-order valence-electron chi connectivity index (χ0n) is 23.8. The van der Waals surface area contributed by atoms with Crippen molar-refractivity contribution in [2.75, 3.05) is 31.6 Å². The maximum Gasteiger partial charge on any atom is 0.225 e. The van der Waals surface area contributed by atoms with E-state index in [0.717, 1.165) is 42.5 Å². The normalized spacial score (nSPS) is 15.2. The maximum atomic E-state index is 12.6. The highest BCUT2D eigenvalue weighted by molar-refractivity contribution is 5.86. The van der Waals surface area contributed by atoms with Gasteiger partial charge in [-0.15, -0.1) is 0 Å². The minimum Gasteiger partial charge on any atom is -0.390 e. The largest absolute Gasteiger partial charge is 0.390 e. The molecule has 1 amide bonds. The Morgan fingerprint density at radius 3 is 2.51 bits per heavy atom. The van der Waals surface area contributed by atoms with Crippen LogP contribution in [0.2, 0.25) is 0 Å². The molecule has 0 saturated carbocycles. The second-order valence-corrected chi connectivity index (χ2v) is 11.0. The van der Waals surface area contributed by atoms with Crippen LogP contribution in [0.5, 0.6) is 0 Å². The van der Waals surface area contributed by atoms with Gasteiger partial charge in [-0.3, -0.25) is 4.79 Å². The van der Waals surface area contributed by atoms with Crippen molar-refractivity contribution in [3.63, 3.8) is 0 Å². The van der Waals surface area contributed by atoms with Gasteiger partial charge in [0.25, 0.3) is 0 Å². The van der Waals surface area contributed by atoms with E-state index in [1.807, 2.05) is 52.8 Å². The lowest BCUT2D eigenvalue weighted by Crippen LogP contribution is -2.47. The number of unbranched alkanes of at least 4 members (excludes halogenated alkanes) is 1. The van der Waals surface area contributed by atoms with Crippen LogP contribution in [0.25, 0.3) is 0 Å². The summed E-state index contributed by atoms with van der Waals surface area (Å²) in [6, 6.07) is 4.96. The topological polar surface area (TPSA) is 141 Å². The summed E-state index contributed by atoms with van der Waals surface area (Å²) in [5.41, 5.74) is 8.15. The number of aliphatic hydroxyl groups excluding tert-OH is 2. The first-order valence-corrected chi connectivity index (χ1v) is 13.8. The lowest BCUT2D eigenvalue weighted by molar-refractivity contribution is -0.130. The molecular formula is C29H52N4O4. The Kier molecular flexibility index (Phi) is 15.0. The van der Waals surface area contributed by atoms with E-state index in [-0.39, 0.29) is 24.3 Å². The minimum absolute atomic E-state index is 0.0831. The first kappa shape index (κ1) is 33.0. The predicted octanol–water partition coefficient (Wildman–Crippen LogP) is 4.24. The molecule has 0 radical (unpaired) electrons. The lowest BCUT2D eigenvalue weighted by Gasteiger charge is -2.32. The van der Waals surface area contributed by atoms with E-state index in [1.165, 1.54) is 6.21 Å². The number of nitrogens with one attached hydrogen (secondary N) is 3. The smallest absolute Gasteiger partial charge is 0.225 e. The summed E-state index contributed by atoms with van der Waals surface area (Å²) in [6.07, 6.45) is 3.63. The van der Waals surface area contributed by atoms with Gasteiger partial charge in [0.05, 0.1) is 12.2 Å². The van der Waals surface area contributed by atoms with E-state index in [4.69, 9.17) is 15.9 Å². The number of carbonyl (C=O) groups excluding carboxylic acids is 1. The molecule has 0 aliphatic heterocycles. The molecule has 0 heterocycles. The Morgan fingerprint density at radius 2 is 1.92 bits per heavy atom. The summed E-state index contributed by atoms with van der Waals surface area (Å²) >= 11 is 0. The van der Waals surface area contributed by atoms with E-state index >= 15 is 0 Å². The fraction of sp³-hybridized carbons (Fsp3) is 0.724. The summed E-state index contributed by atoms with van der Waals surface area (Å²) in [4.78, 5) is 12.6. The Labute approximate surface area is 224 Å². The number of benzene rings is 1. The monoisotopic (exact) mass is 520 g/mol. The Balaban J connectivity index is 2.84. The van der Waals surface area contributed by atoms with Crippen LogP contribution in [-0.2, 0) is 9.53 Å². The van der Waals surface area contributed by atoms with E-state index in [1.54, 1.807) is 0 Å². The third kappa shape index (κ3) is 11.1. The molecule has 0 unspecified atom stereocenters. The molecule has 0 spiro atoms. The van der Waals surface area contributed by atoms with Crippen LogP contribution >= 0.6 is 0 Å². The van der Waals surface area contributed by atoms with Gasteiger partial charge in [0.2, 0.25) is 5.91 Å². The number of anilines is 1. The molecule has 0 saturated heterocycles. The summed E-state index contributed by atoms with van der Waals surface area (Å²) < 4.78 is 5.39. The van der Waals surface area contributed by atoms with Crippen molar-refractivity contribution in [2.24, 2.45) is 23.0 Å². The van der Waals surface area contributed by atoms with Crippen molar-refractivity contribution in [3.8, 4) is 0 Å². The Hall–Kier alpha value is -2.00. The molecule has 8 nitrogen and oxygen atoms in total. The van der Waals surface area contributed by atoms with Crippen LogP contribution < -0.4 is 16.4 Å². The number of nitrogens with two attached hydrogens (primary N) is 1. The highest BCUT2D eigenvalue weighted by atomic mass is 16.5. The van der Waals surface area contributed by atoms with Gasteiger partial charge in [-0.05, 0) is 49.7 Å². The molecule has 8 heteroatoms. The van der Waals surface area contributed by atoms with Gasteiger partial charge in [0, 0.05) is 55.2 Å². The van der Waals surface area contributed by atoms with E-state index < -0.39 is 23.7 Å². The zero-order valence-corrected chi connectivity index (χ0v) is 23.8. The number of rotatable bonds is 19. The molecule has 212 valence electrons. The number of aliphatic hydroxyl groups is 2. The lowest BCUT2D eigenvalue weighted by atomic mass is 9.80. The van der Waals surface area contributed by atoms with Gasteiger partial charge >= 0.3 is 0 Å². The van der Waals surface area contributed by atoms with Crippen LogP contribution in [-0.4, -0.2) is 60.8 Å². The highest BCUT2D eigenvalue weighted by Crippen LogP contribution is 2.34. The maximum absolute atomic E-state index is 12.6. The summed E-state index contributed by atoms with van der Waals surface area (Å²) in [5.74, 6) is -0.168. The number of hydrogen-bond donors (Lipinski definition) is 6. The highest BCUT2D eigenvalue weighted by Gasteiger charge is 2.31. The van der Waals surface area contributed by atoms with Gasteiger partial charge in [-0.2, -0.15) is 0 Å². The fourth-order valence-electron chi connectivity index (χ4n) is 4.38. The molecule has 0 aliphatic rings. The number of ether oxygens (including phenoxy) is 1. The minimum atomic E-state index is -0.915. The zero-order chi connectivity index (χ0) is 28.0. The standard InChI is InChI=1S/C29H52N4O4/c1-7-9-13-29(5,6)28(36)33-19-26(34)24(31)17-23(20(3)4)27(35)21-11-12-22(18-30)25(16-21)32-14-10-15-37-8-2/h11-12,16,18,20,23-24,26-27,30,32,34-35H,7-10,13-15,17,19,31H2,1-6H3,(H,33,36)/t23-,24-,26-,27-/m0/s1. The molecule has 7 N–H and O–H groups in total. The third-order valence-electron chi connectivity index (χ3n) is 7.10. The van der Waals surface area contributed by atoms with Gasteiger partial charge in [-0.25, -0.2) is 0 Å². The molecular weight excluding hydrogens is 468 g/mol. The third-order valence-corrected chi connectivity index (χ3v) is 7.10. The number of amides is 1.